The smallest absolute Gasteiger partial charge is 0.308 e. The van der Waals surface area contributed by atoms with Gasteiger partial charge in [-0.15, -0.1) is 11.8 Å². The summed E-state index contributed by atoms with van der Waals surface area (Å²) in [6, 6.07) is 4.18. The van der Waals surface area contributed by atoms with Crippen LogP contribution in [-0.2, 0) is 4.79 Å². The molecule has 0 saturated heterocycles. The van der Waals surface area contributed by atoms with Crippen molar-refractivity contribution in [3.63, 3.8) is 0 Å². The molecule has 1 aromatic rings. The standard InChI is InChI=1S/C16H20FNO3S/c1-16(8-4-3-5-11(16)15(20)21)18-14(19)10-6-7-12(17)13(9-10)22-2/h6-7,9,11H,3-5,8H2,1-2H3,(H,18,19)(H,20,21). The normalized spacial score (nSPS) is 24.8. The van der Waals surface area contributed by atoms with Crippen LogP contribution in [0.25, 0.3) is 0 Å². The Bertz CT molecular complexity index is 593. The Balaban J connectivity index is 2.21. The SMILES string of the molecule is CSc1cc(C(=O)NC2(C)CCCCC2C(=O)O)ccc1F. The molecule has 0 bridgehead atoms. The number of rotatable bonds is 4. The number of carbonyl (C=O) groups excluding carboxylic acids is 1. The Morgan fingerprint density at radius 1 is 1.41 bits per heavy atom. The number of carboxylic acid groups (broad SMARTS) is 1. The molecule has 1 amide bonds. The second-order valence-corrected chi connectivity index (χ2v) is 6.71. The summed E-state index contributed by atoms with van der Waals surface area (Å²) in [5.74, 6) is -2.20. The van der Waals surface area contributed by atoms with E-state index >= 15 is 0 Å². The van der Waals surface area contributed by atoms with Crippen molar-refractivity contribution < 1.29 is 19.1 Å². The molecular formula is C16H20FNO3S. The molecule has 0 spiro atoms. The van der Waals surface area contributed by atoms with Crippen LogP contribution in [0.15, 0.2) is 23.1 Å². The zero-order valence-corrected chi connectivity index (χ0v) is 13.5. The topological polar surface area (TPSA) is 66.4 Å². The molecule has 1 saturated carbocycles. The Morgan fingerprint density at radius 2 is 2.14 bits per heavy atom. The predicted octanol–water partition coefficient (Wildman–Crippen LogP) is 3.31. The van der Waals surface area contributed by atoms with E-state index in [9.17, 15) is 19.1 Å². The maximum Gasteiger partial charge on any atom is 0.308 e. The molecule has 1 aliphatic rings. The van der Waals surface area contributed by atoms with Gasteiger partial charge in [0.25, 0.3) is 5.91 Å². The molecule has 2 unspecified atom stereocenters. The first kappa shape index (κ1) is 16.8. The number of amides is 1. The molecule has 2 rings (SSSR count). The van der Waals surface area contributed by atoms with Gasteiger partial charge in [-0.05, 0) is 44.2 Å². The van der Waals surface area contributed by atoms with Crippen LogP contribution >= 0.6 is 11.8 Å². The van der Waals surface area contributed by atoms with Crippen LogP contribution in [0.1, 0.15) is 43.0 Å². The zero-order chi connectivity index (χ0) is 16.3. The second-order valence-electron chi connectivity index (χ2n) is 5.86. The minimum Gasteiger partial charge on any atom is -0.481 e. The summed E-state index contributed by atoms with van der Waals surface area (Å²) in [6.45, 7) is 1.78. The number of thioether (sulfide) groups is 1. The van der Waals surface area contributed by atoms with Crippen molar-refractivity contribution in [3.8, 4) is 0 Å². The van der Waals surface area contributed by atoms with Crippen molar-refractivity contribution >= 4 is 23.6 Å². The van der Waals surface area contributed by atoms with Crippen molar-refractivity contribution in [1.82, 2.24) is 5.32 Å². The van der Waals surface area contributed by atoms with E-state index in [1.165, 1.54) is 30.0 Å². The lowest BCUT2D eigenvalue weighted by Gasteiger charge is -2.39. The lowest BCUT2D eigenvalue weighted by atomic mass is 9.73. The number of nitrogens with one attached hydrogen (secondary N) is 1. The number of carbonyl (C=O) groups is 2. The zero-order valence-electron chi connectivity index (χ0n) is 12.7. The molecule has 0 radical (unpaired) electrons. The quantitative estimate of drug-likeness (QED) is 0.834. The second kappa shape index (κ2) is 6.69. The summed E-state index contributed by atoms with van der Waals surface area (Å²) in [4.78, 5) is 24.3. The molecular weight excluding hydrogens is 305 g/mol. The number of hydrogen-bond acceptors (Lipinski definition) is 3. The van der Waals surface area contributed by atoms with Crippen molar-refractivity contribution in [2.75, 3.05) is 6.26 Å². The lowest BCUT2D eigenvalue weighted by Crippen LogP contribution is -2.55. The van der Waals surface area contributed by atoms with E-state index < -0.39 is 17.4 Å². The summed E-state index contributed by atoms with van der Waals surface area (Å²) in [7, 11) is 0. The maximum absolute atomic E-state index is 13.5. The number of hydrogen-bond donors (Lipinski definition) is 2. The first-order valence-corrected chi connectivity index (χ1v) is 8.49. The van der Waals surface area contributed by atoms with Gasteiger partial charge in [0.1, 0.15) is 5.82 Å². The summed E-state index contributed by atoms with van der Waals surface area (Å²) in [5, 5.41) is 12.2. The molecule has 6 heteroatoms. The van der Waals surface area contributed by atoms with Gasteiger partial charge in [-0.25, -0.2) is 4.39 Å². The third kappa shape index (κ3) is 3.43. The highest BCUT2D eigenvalue weighted by Crippen LogP contribution is 2.34. The van der Waals surface area contributed by atoms with Crippen molar-refractivity contribution in [1.29, 1.82) is 0 Å². The van der Waals surface area contributed by atoms with Crippen LogP contribution in [0.5, 0.6) is 0 Å². The summed E-state index contributed by atoms with van der Waals surface area (Å²) < 4.78 is 13.5. The molecule has 1 aliphatic carbocycles. The van der Waals surface area contributed by atoms with Crippen LogP contribution < -0.4 is 5.32 Å². The average Bonchev–Trinajstić information content (AvgIpc) is 2.47. The van der Waals surface area contributed by atoms with Crippen LogP contribution in [0, 0.1) is 11.7 Å². The van der Waals surface area contributed by atoms with E-state index in [4.69, 9.17) is 0 Å². The molecule has 0 aromatic heterocycles. The Morgan fingerprint density at radius 3 is 2.77 bits per heavy atom. The Labute approximate surface area is 133 Å². The van der Waals surface area contributed by atoms with E-state index in [-0.39, 0.29) is 11.7 Å². The van der Waals surface area contributed by atoms with Crippen molar-refractivity contribution in [2.45, 2.75) is 43.0 Å². The van der Waals surface area contributed by atoms with Gasteiger partial charge in [0.05, 0.1) is 11.5 Å². The predicted molar refractivity (Wildman–Crippen MR) is 83.6 cm³/mol. The highest BCUT2D eigenvalue weighted by atomic mass is 32.2. The van der Waals surface area contributed by atoms with E-state index in [1.807, 2.05) is 0 Å². The Kier molecular flexibility index (Phi) is 5.11. The highest BCUT2D eigenvalue weighted by molar-refractivity contribution is 7.98. The number of halogens is 1. The van der Waals surface area contributed by atoms with Gasteiger partial charge >= 0.3 is 5.97 Å². The van der Waals surface area contributed by atoms with Crippen LogP contribution in [0.4, 0.5) is 4.39 Å². The van der Waals surface area contributed by atoms with Gasteiger partial charge in [0.2, 0.25) is 0 Å². The van der Waals surface area contributed by atoms with E-state index in [2.05, 4.69) is 5.32 Å². The molecule has 4 nitrogen and oxygen atoms in total. The molecule has 120 valence electrons. The van der Waals surface area contributed by atoms with Crippen LogP contribution in [0.2, 0.25) is 0 Å². The number of carboxylic acids is 1. The molecule has 1 aromatic carbocycles. The minimum absolute atomic E-state index is 0.349. The minimum atomic E-state index is -0.883. The lowest BCUT2D eigenvalue weighted by molar-refractivity contribution is -0.145. The third-order valence-electron chi connectivity index (χ3n) is 4.32. The number of benzene rings is 1. The molecule has 1 fully saturated rings. The average molecular weight is 325 g/mol. The first-order valence-electron chi connectivity index (χ1n) is 7.26. The van der Waals surface area contributed by atoms with Crippen LogP contribution in [0.3, 0.4) is 0 Å². The van der Waals surface area contributed by atoms with Crippen molar-refractivity contribution in [2.24, 2.45) is 5.92 Å². The summed E-state index contributed by atoms with van der Waals surface area (Å²) >= 11 is 1.23. The highest BCUT2D eigenvalue weighted by Gasteiger charge is 2.42. The summed E-state index contributed by atoms with van der Waals surface area (Å²) in [5.41, 5.74) is -0.420. The van der Waals surface area contributed by atoms with Gasteiger partial charge in [0.15, 0.2) is 0 Å². The Hall–Kier alpha value is -1.56. The van der Waals surface area contributed by atoms with E-state index in [1.54, 1.807) is 13.2 Å². The fraction of sp³-hybridized carbons (Fsp3) is 0.500. The van der Waals surface area contributed by atoms with Gasteiger partial charge in [0, 0.05) is 10.5 Å². The fourth-order valence-corrected chi connectivity index (χ4v) is 3.52. The fourth-order valence-electron chi connectivity index (χ4n) is 3.01. The van der Waals surface area contributed by atoms with Gasteiger partial charge in [-0.3, -0.25) is 9.59 Å². The van der Waals surface area contributed by atoms with Gasteiger partial charge in [-0.2, -0.15) is 0 Å². The third-order valence-corrected chi connectivity index (χ3v) is 5.07. The molecule has 0 heterocycles. The maximum atomic E-state index is 13.5. The van der Waals surface area contributed by atoms with E-state index in [0.29, 0.717) is 23.3 Å². The summed E-state index contributed by atoms with van der Waals surface area (Å²) in [6.07, 6.45) is 4.68. The van der Waals surface area contributed by atoms with Gasteiger partial charge in [-0.1, -0.05) is 12.8 Å². The van der Waals surface area contributed by atoms with E-state index in [0.717, 1.165) is 12.8 Å². The molecule has 2 atom stereocenters. The monoisotopic (exact) mass is 325 g/mol. The molecule has 22 heavy (non-hydrogen) atoms. The van der Waals surface area contributed by atoms with Crippen molar-refractivity contribution in [3.05, 3.63) is 29.6 Å². The molecule has 0 aliphatic heterocycles. The van der Waals surface area contributed by atoms with Crippen LogP contribution in [-0.4, -0.2) is 28.8 Å². The number of aliphatic carboxylic acids is 1. The van der Waals surface area contributed by atoms with Gasteiger partial charge < -0.3 is 10.4 Å². The first-order chi connectivity index (χ1) is 10.4. The molecule has 2 N–H and O–H groups in total. The largest absolute Gasteiger partial charge is 0.481 e.